The lowest BCUT2D eigenvalue weighted by molar-refractivity contribution is -0.119. The van der Waals surface area contributed by atoms with E-state index in [1.165, 1.54) is 0 Å². The minimum Gasteiger partial charge on any atom is -0.493 e. The van der Waals surface area contributed by atoms with E-state index in [1.807, 2.05) is 12.1 Å². The summed E-state index contributed by atoms with van der Waals surface area (Å²) in [4.78, 5) is 10.9. The maximum Gasteiger partial charge on any atom is 0.255 e. The van der Waals surface area contributed by atoms with Crippen LogP contribution in [0.1, 0.15) is 0 Å². The third-order valence-electron chi connectivity index (χ3n) is 3.90. The number of furan rings is 1. The quantitative estimate of drug-likeness (QED) is 0.699. The van der Waals surface area contributed by atoms with Crippen LogP contribution in [-0.4, -0.2) is 33.8 Å². The Balaban J connectivity index is 2.10. The maximum atomic E-state index is 10.9. The van der Waals surface area contributed by atoms with Crippen LogP contribution in [0.4, 0.5) is 0 Å². The highest BCUT2D eigenvalue weighted by Crippen LogP contribution is 2.43. The van der Waals surface area contributed by atoms with Crippen LogP contribution in [0.15, 0.2) is 41.0 Å². The highest BCUT2D eigenvalue weighted by molar-refractivity contribution is 5.95. The maximum absolute atomic E-state index is 10.9. The molecule has 3 rings (SSSR count). The van der Waals surface area contributed by atoms with E-state index in [1.54, 1.807) is 45.8 Å². The van der Waals surface area contributed by atoms with Gasteiger partial charge in [0.2, 0.25) is 5.75 Å². The number of amides is 1. The zero-order valence-corrected chi connectivity index (χ0v) is 14.7. The number of benzene rings is 2. The van der Waals surface area contributed by atoms with Crippen molar-refractivity contribution >= 4 is 16.9 Å². The van der Waals surface area contributed by atoms with E-state index in [0.29, 0.717) is 28.6 Å². The Morgan fingerprint density at radius 1 is 1.04 bits per heavy atom. The summed E-state index contributed by atoms with van der Waals surface area (Å²) < 4.78 is 27.2. The third-order valence-corrected chi connectivity index (χ3v) is 3.90. The van der Waals surface area contributed by atoms with E-state index in [-0.39, 0.29) is 6.61 Å². The van der Waals surface area contributed by atoms with Crippen LogP contribution >= 0.6 is 0 Å². The smallest absolute Gasteiger partial charge is 0.255 e. The van der Waals surface area contributed by atoms with Crippen molar-refractivity contribution in [2.24, 2.45) is 5.73 Å². The minimum absolute atomic E-state index is 0.192. The van der Waals surface area contributed by atoms with Crippen LogP contribution in [-0.2, 0) is 4.79 Å². The number of methoxy groups -OCH3 is 3. The van der Waals surface area contributed by atoms with Gasteiger partial charge in [-0.1, -0.05) is 0 Å². The van der Waals surface area contributed by atoms with Gasteiger partial charge < -0.3 is 29.1 Å². The molecule has 7 heteroatoms. The van der Waals surface area contributed by atoms with Crippen LogP contribution in [0.25, 0.3) is 22.1 Å². The largest absolute Gasteiger partial charge is 0.493 e. The fraction of sp³-hybridized carbons (Fsp3) is 0.211. The number of carbonyl (C=O) groups excluding carboxylic acids is 1. The standard InChI is InChI=1S/C19H19NO6/c1-22-16-6-11(7-17(23-2)19(16)24-3)14-9-26-15-5-4-12(8-13(14)15)25-10-18(20)21/h4-9H,10H2,1-3H3,(H2,20,21). The first-order chi connectivity index (χ1) is 12.6. The second kappa shape index (κ2) is 7.26. The Labute approximate surface area is 150 Å². The molecular formula is C19H19NO6. The van der Waals surface area contributed by atoms with E-state index in [4.69, 9.17) is 29.1 Å². The van der Waals surface area contributed by atoms with Gasteiger partial charge in [0.1, 0.15) is 11.3 Å². The highest BCUT2D eigenvalue weighted by Gasteiger charge is 2.17. The molecule has 0 bridgehead atoms. The molecular weight excluding hydrogens is 338 g/mol. The number of fused-ring (bicyclic) bond motifs is 1. The zero-order chi connectivity index (χ0) is 18.7. The topological polar surface area (TPSA) is 93.2 Å². The third kappa shape index (κ3) is 3.23. The summed E-state index contributed by atoms with van der Waals surface area (Å²) in [7, 11) is 4.67. The number of nitrogens with two attached hydrogens (primary N) is 1. The number of primary amides is 1. The van der Waals surface area contributed by atoms with E-state index >= 15 is 0 Å². The van der Waals surface area contributed by atoms with E-state index < -0.39 is 5.91 Å². The molecule has 3 aromatic rings. The monoisotopic (exact) mass is 357 g/mol. The molecule has 0 unspecified atom stereocenters. The molecule has 0 radical (unpaired) electrons. The summed E-state index contributed by atoms with van der Waals surface area (Å²) in [6.07, 6.45) is 1.64. The van der Waals surface area contributed by atoms with Crippen molar-refractivity contribution in [3.8, 4) is 34.1 Å². The normalized spacial score (nSPS) is 10.6. The van der Waals surface area contributed by atoms with E-state index in [0.717, 1.165) is 16.5 Å². The first-order valence-electron chi connectivity index (χ1n) is 7.80. The SMILES string of the molecule is COc1cc(-c2coc3ccc(OCC(N)=O)cc23)cc(OC)c1OC. The van der Waals surface area contributed by atoms with Gasteiger partial charge in [0.05, 0.1) is 27.6 Å². The van der Waals surface area contributed by atoms with Gasteiger partial charge in [-0.05, 0) is 35.9 Å². The van der Waals surface area contributed by atoms with Gasteiger partial charge in [-0.2, -0.15) is 0 Å². The fourth-order valence-electron chi connectivity index (χ4n) is 2.71. The van der Waals surface area contributed by atoms with Gasteiger partial charge in [-0.3, -0.25) is 4.79 Å². The molecule has 2 N–H and O–H groups in total. The number of ether oxygens (including phenoxy) is 4. The van der Waals surface area contributed by atoms with E-state index in [2.05, 4.69) is 0 Å². The summed E-state index contributed by atoms with van der Waals surface area (Å²) in [5, 5.41) is 0.821. The van der Waals surface area contributed by atoms with Crippen LogP contribution in [0, 0.1) is 0 Å². The Morgan fingerprint density at radius 2 is 1.73 bits per heavy atom. The molecule has 136 valence electrons. The summed E-state index contributed by atoms with van der Waals surface area (Å²) in [6, 6.07) is 8.95. The van der Waals surface area contributed by atoms with Crippen molar-refractivity contribution in [2.75, 3.05) is 27.9 Å². The predicted molar refractivity (Wildman–Crippen MR) is 96.0 cm³/mol. The second-order valence-electron chi connectivity index (χ2n) is 5.48. The number of hydrogen-bond donors (Lipinski definition) is 1. The van der Waals surface area contributed by atoms with Crippen LogP contribution < -0.4 is 24.7 Å². The van der Waals surface area contributed by atoms with Gasteiger partial charge >= 0.3 is 0 Å². The van der Waals surface area contributed by atoms with Gasteiger partial charge in [-0.25, -0.2) is 0 Å². The average molecular weight is 357 g/mol. The number of hydrogen-bond acceptors (Lipinski definition) is 6. The van der Waals surface area contributed by atoms with Gasteiger partial charge in [0.25, 0.3) is 5.91 Å². The van der Waals surface area contributed by atoms with Crippen LogP contribution in [0.2, 0.25) is 0 Å². The summed E-state index contributed by atoms with van der Waals surface area (Å²) in [5.74, 6) is 1.57. The Kier molecular flexibility index (Phi) is 4.88. The molecule has 0 fully saturated rings. The predicted octanol–water partition coefficient (Wildman–Crippen LogP) is 2.99. The molecule has 2 aromatic carbocycles. The molecule has 1 aromatic heterocycles. The van der Waals surface area contributed by atoms with E-state index in [9.17, 15) is 4.79 Å². The fourth-order valence-corrected chi connectivity index (χ4v) is 2.71. The molecule has 0 aliphatic heterocycles. The second-order valence-corrected chi connectivity index (χ2v) is 5.48. The summed E-state index contributed by atoms with van der Waals surface area (Å²) in [5.41, 5.74) is 7.45. The lowest BCUT2D eigenvalue weighted by Gasteiger charge is -2.13. The van der Waals surface area contributed by atoms with Crippen molar-refractivity contribution in [2.45, 2.75) is 0 Å². The highest BCUT2D eigenvalue weighted by atomic mass is 16.5. The first kappa shape index (κ1) is 17.5. The first-order valence-corrected chi connectivity index (χ1v) is 7.80. The lowest BCUT2D eigenvalue weighted by atomic mass is 10.0. The van der Waals surface area contributed by atoms with Crippen molar-refractivity contribution in [3.63, 3.8) is 0 Å². The van der Waals surface area contributed by atoms with Gasteiger partial charge in [0.15, 0.2) is 18.1 Å². The van der Waals surface area contributed by atoms with Crippen LogP contribution in [0.5, 0.6) is 23.0 Å². The van der Waals surface area contributed by atoms with Crippen molar-refractivity contribution < 1.29 is 28.2 Å². The lowest BCUT2D eigenvalue weighted by Crippen LogP contribution is -2.19. The zero-order valence-electron chi connectivity index (χ0n) is 14.7. The molecule has 7 nitrogen and oxygen atoms in total. The van der Waals surface area contributed by atoms with Crippen molar-refractivity contribution in [3.05, 3.63) is 36.6 Å². The molecule has 0 atom stereocenters. The van der Waals surface area contributed by atoms with Crippen molar-refractivity contribution in [1.29, 1.82) is 0 Å². The molecule has 26 heavy (non-hydrogen) atoms. The molecule has 0 spiro atoms. The number of carbonyl (C=O) groups is 1. The summed E-state index contributed by atoms with van der Waals surface area (Å²) in [6.45, 7) is -0.192. The van der Waals surface area contributed by atoms with Crippen LogP contribution in [0.3, 0.4) is 0 Å². The summed E-state index contributed by atoms with van der Waals surface area (Å²) >= 11 is 0. The molecule has 1 amide bonds. The van der Waals surface area contributed by atoms with Gasteiger partial charge in [0, 0.05) is 10.9 Å². The molecule has 1 heterocycles. The molecule has 0 saturated carbocycles. The minimum atomic E-state index is -0.540. The molecule has 0 saturated heterocycles. The molecule has 0 aliphatic rings. The average Bonchev–Trinajstić information content (AvgIpc) is 3.08. The molecule has 0 aliphatic carbocycles. The Morgan fingerprint density at radius 3 is 2.31 bits per heavy atom. The Bertz CT molecular complexity index is 921. The Hall–Kier alpha value is -3.35. The number of rotatable bonds is 7. The van der Waals surface area contributed by atoms with Crippen molar-refractivity contribution in [1.82, 2.24) is 0 Å². The van der Waals surface area contributed by atoms with Gasteiger partial charge in [-0.15, -0.1) is 0 Å².